The standard InChI is InChI=1S/C15H26N2O4S/c1-6-17(12-15(20-4)21-5)11-13-8-7-9-14(10-13)22(18,19)16(2)3/h7-10,15H,6,11-12H2,1-5H3. The summed E-state index contributed by atoms with van der Waals surface area (Å²) in [5, 5.41) is 0. The Morgan fingerprint density at radius 2 is 1.82 bits per heavy atom. The normalized spacial score (nSPS) is 12.5. The molecule has 1 rings (SSSR count). The molecule has 0 saturated carbocycles. The summed E-state index contributed by atoms with van der Waals surface area (Å²) in [5.41, 5.74) is 0.940. The topological polar surface area (TPSA) is 59.1 Å². The third kappa shape index (κ3) is 5.03. The number of benzene rings is 1. The first-order valence-corrected chi connectivity index (χ1v) is 8.58. The molecule has 0 radical (unpaired) electrons. The van der Waals surface area contributed by atoms with Crippen LogP contribution in [0.25, 0.3) is 0 Å². The zero-order valence-corrected chi connectivity index (χ0v) is 14.8. The van der Waals surface area contributed by atoms with E-state index in [0.29, 0.717) is 18.0 Å². The Labute approximate surface area is 133 Å². The van der Waals surface area contributed by atoms with Crippen molar-refractivity contribution in [1.82, 2.24) is 9.21 Å². The van der Waals surface area contributed by atoms with Gasteiger partial charge in [0.25, 0.3) is 0 Å². The van der Waals surface area contributed by atoms with Gasteiger partial charge in [-0.3, -0.25) is 4.90 Å². The third-order valence-corrected chi connectivity index (χ3v) is 5.27. The lowest BCUT2D eigenvalue weighted by Gasteiger charge is -2.25. The predicted octanol–water partition coefficient (Wildman–Crippen LogP) is 1.38. The van der Waals surface area contributed by atoms with Crippen LogP contribution in [0.1, 0.15) is 12.5 Å². The van der Waals surface area contributed by atoms with Gasteiger partial charge in [-0.2, -0.15) is 0 Å². The van der Waals surface area contributed by atoms with Crippen molar-refractivity contribution in [2.45, 2.75) is 24.7 Å². The molecule has 0 aromatic heterocycles. The van der Waals surface area contributed by atoms with Crippen molar-refractivity contribution < 1.29 is 17.9 Å². The zero-order chi connectivity index (χ0) is 16.8. The minimum Gasteiger partial charge on any atom is -0.355 e. The zero-order valence-electron chi connectivity index (χ0n) is 13.9. The van der Waals surface area contributed by atoms with Gasteiger partial charge in [0, 0.05) is 41.4 Å². The summed E-state index contributed by atoms with van der Waals surface area (Å²) in [6.07, 6.45) is -0.298. The summed E-state index contributed by atoms with van der Waals surface area (Å²) >= 11 is 0. The van der Waals surface area contributed by atoms with Crippen LogP contribution in [0.3, 0.4) is 0 Å². The Hall–Kier alpha value is -0.990. The summed E-state index contributed by atoms with van der Waals surface area (Å²) in [5.74, 6) is 0. The van der Waals surface area contributed by atoms with Crippen molar-refractivity contribution in [2.75, 3.05) is 41.4 Å². The second kappa shape index (κ2) is 8.59. The molecule has 6 nitrogen and oxygen atoms in total. The summed E-state index contributed by atoms with van der Waals surface area (Å²) in [4.78, 5) is 2.44. The molecule has 0 saturated heterocycles. The van der Waals surface area contributed by atoms with Crippen LogP contribution in [0, 0.1) is 0 Å². The van der Waals surface area contributed by atoms with E-state index in [0.717, 1.165) is 12.1 Å². The number of methoxy groups -OCH3 is 2. The fourth-order valence-corrected chi connectivity index (χ4v) is 3.01. The fourth-order valence-electron chi connectivity index (χ4n) is 2.03. The van der Waals surface area contributed by atoms with Crippen molar-refractivity contribution >= 4 is 10.0 Å². The molecule has 1 aromatic carbocycles. The van der Waals surface area contributed by atoms with Crippen LogP contribution in [0.5, 0.6) is 0 Å². The van der Waals surface area contributed by atoms with Gasteiger partial charge in [-0.25, -0.2) is 12.7 Å². The average molecular weight is 330 g/mol. The number of ether oxygens (including phenoxy) is 2. The maximum absolute atomic E-state index is 12.2. The molecule has 0 N–H and O–H groups in total. The maximum Gasteiger partial charge on any atom is 0.242 e. The highest BCUT2D eigenvalue weighted by Gasteiger charge is 2.18. The molecule has 0 unspecified atom stereocenters. The first-order chi connectivity index (χ1) is 10.3. The predicted molar refractivity (Wildman–Crippen MR) is 86.1 cm³/mol. The highest BCUT2D eigenvalue weighted by molar-refractivity contribution is 7.89. The maximum atomic E-state index is 12.2. The van der Waals surface area contributed by atoms with E-state index in [1.165, 1.54) is 18.4 Å². The quantitative estimate of drug-likeness (QED) is 0.640. The molecule has 22 heavy (non-hydrogen) atoms. The van der Waals surface area contributed by atoms with Gasteiger partial charge in [-0.15, -0.1) is 0 Å². The van der Waals surface area contributed by atoms with E-state index >= 15 is 0 Å². The first kappa shape index (κ1) is 19.1. The van der Waals surface area contributed by atoms with Gasteiger partial charge >= 0.3 is 0 Å². The largest absolute Gasteiger partial charge is 0.355 e. The monoisotopic (exact) mass is 330 g/mol. The molecule has 0 atom stereocenters. The van der Waals surface area contributed by atoms with Gasteiger partial charge in [0.05, 0.1) is 4.90 Å². The van der Waals surface area contributed by atoms with E-state index in [1.807, 2.05) is 13.0 Å². The van der Waals surface area contributed by atoms with Gasteiger partial charge < -0.3 is 9.47 Å². The smallest absolute Gasteiger partial charge is 0.242 e. The van der Waals surface area contributed by atoms with Crippen LogP contribution < -0.4 is 0 Å². The van der Waals surface area contributed by atoms with Crippen molar-refractivity contribution in [3.05, 3.63) is 29.8 Å². The van der Waals surface area contributed by atoms with Gasteiger partial charge in [-0.05, 0) is 24.2 Å². The van der Waals surface area contributed by atoms with Crippen molar-refractivity contribution in [3.8, 4) is 0 Å². The molecule has 0 aliphatic carbocycles. The molecule has 0 bridgehead atoms. The molecule has 0 aliphatic rings. The van der Waals surface area contributed by atoms with Gasteiger partial charge in [0.1, 0.15) is 0 Å². The molecule has 126 valence electrons. The van der Waals surface area contributed by atoms with E-state index in [1.54, 1.807) is 32.4 Å². The number of hydrogen-bond donors (Lipinski definition) is 0. The first-order valence-electron chi connectivity index (χ1n) is 7.14. The molecule has 0 amide bonds. The molecular formula is C15H26N2O4S. The van der Waals surface area contributed by atoms with E-state index in [9.17, 15) is 8.42 Å². The van der Waals surface area contributed by atoms with Gasteiger partial charge in [0.15, 0.2) is 6.29 Å². The minimum absolute atomic E-state index is 0.298. The van der Waals surface area contributed by atoms with Crippen LogP contribution in [-0.4, -0.2) is 65.3 Å². The highest BCUT2D eigenvalue weighted by atomic mass is 32.2. The molecule has 7 heteroatoms. The summed E-state index contributed by atoms with van der Waals surface area (Å²) < 4.78 is 36.0. The van der Waals surface area contributed by atoms with Gasteiger partial charge in [-0.1, -0.05) is 19.1 Å². The van der Waals surface area contributed by atoms with E-state index in [2.05, 4.69) is 4.90 Å². The second-order valence-electron chi connectivity index (χ2n) is 5.16. The number of sulfonamides is 1. The lowest BCUT2D eigenvalue weighted by atomic mass is 10.2. The number of rotatable bonds is 9. The molecule has 0 fully saturated rings. The van der Waals surface area contributed by atoms with E-state index in [-0.39, 0.29) is 6.29 Å². The fraction of sp³-hybridized carbons (Fsp3) is 0.600. The Kier molecular flexibility index (Phi) is 7.44. The Balaban J connectivity index is 2.89. The summed E-state index contributed by atoms with van der Waals surface area (Å²) in [6.45, 7) is 4.11. The van der Waals surface area contributed by atoms with Crippen LogP contribution in [-0.2, 0) is 26.0 Å². The number of likely N-dealkylation sites (N-methyl/N-ethyl adjacent to an activating group) is 1. The lowest BCUT2D eigenvalue weighted by Crippen LogP contribution is -2.34. The van der Waals surface area contributed by atoms with E-state index in [4.69, 9.17) is 9.47 Å². The Morgan fingerprint density at radius 3 is 2.32 bits per heavy atom. The van der Waals surface area contributed by atoms with Crippen LogP contribution in [0.2, 0.25) is 0 Å². The van der Waals surface area contributed by atoms with Crippen molar-refractivity contribution in [1.29, 1.82) is 0 Å². The van der Waals surface area contributed by atoms with Crippen molar-refractivity contribution in [3.63, 3.8) is 0 Å². The SMILES string of the molecule is CCN(Cc1cccc(S(=O)(=O)N(C)C)c1)CC(OC)OC. The summed E-state index contributed by atoms with van der Waals surface area (Å²) in [7, 11) is 2.86. The molecule has 0 aliphatic heterocycles. The number of nitrogens with zero attached hydrogens (tertiary/aromatic N) is 2. The third-order valence-electron chi connectivity index (χ3n) is 3.46. The molecule has 1 aromatic rings. The molecular weight excluding hydrogens is 304 g/mol. The van der Waals surface area contributed by atoms with Crippen LogP contribution in [0.15, 0.2) is 29.2 Å². The minimum atomic E-state index is -3.41. The Bertz CT molecular complexity index is 556. The second-order valence-corrected chi connectivity index (χ2v) is 7.32. The number of hydrogen-bond acceptors (Lipinski definition) is 5. The van der Waals surface area contributed by atoms with Crippen molar-refractivity contribution in [2.24, 2.45) is 0 Å². The summed E-state index contributed by atoms with van der Waals surface area (Å²) in [6, 6.07) is 7.02. The molecule has 0 spiro atoms. The van der Waals surface area contributed by atoms with E-state index < -0.39 is 10.0 Å². The Morgan fingerprint density at radius 1 is 1.18 bits per heavy atom. The van der Waals surface area contributed by atoms with Crippen LogP contribution >= 0.6 is 0 Å². The highest BCUT2D eigenvalue weighted by Crippen LogP contribution is 2.16. The molecule has 0 heterocycles. The average Bonchev–Trinajstić information content (AvgIpc) is 2.51. The van der Waals surface area contributed by atoms with Crippen LogP contribution in [0.4, 0.5) is 0 Å². The van der Waals surface area contributed by atoms with Gasteiger partial charge in [0.2, 0.25) is 10.0 Å². The lowest BCUT2D eigenvalue weighted by molar-refractivity contribution is -0.116.